The smallest absolute Gasteiger partial charge is 0.248 e. The van der Waals surface area contributed by atoms with Gasteiger partial charge in [-0.1, -0.05) is 49.4 Å². The summed E-state index contributed by atoms with van der Waals surface area (Å²) in [6.45, 7) is 10.0. The highest BCUT2D eigenvalue weighted by Gasteiger charge is 2.45. The summed E-state index contributed by atoms with van der Waals surface area (Å²) in [6.07, 6.45) is 8.55. The van der Waals surface area contributed by atoms with Crippen LogP contribution in [0, 0.1) is 6.92 Å². The minimum atomic E-state index is -0.846. The van der Waals surface area contributed by atoms with Gasteiger partial charge in [-0.2, -0.15) is 0 Å². The molecular weight excluding hydrogens is 522 g/mol. The molecule has 0 saturated carbocycles. The van der Waals surface area contributed by atoms with Crippen molar-refractivity contribution in [3.05, 3.63) is 66.0 Å². The molecule has 3 aliphatic heterocycles. The standard InChI is InChI=1S/C35H47N5O2/c1-5-34(4,37-26(3)41)33(42)38-20-17-35(18-21-38,27-11-7-6-8-12-27)19-22-39-28-15-16-29(39)24-30(23-28)40-25(2)36-31-13-9-10-14-32(31)40/h6-14,28-30H,5,15-24H2,1-4H3,(H,37,41)/t28-,29+,30+,34?. The summed E-state index contributed by atoms with van der Waals surface area (Å²) < 4.78 is 2.52. The van der Waals surface area contributed by atoms with Crippen LogP contribution in [-0.2, 0) is 15.0 Å². The number of aryl methyl sites for hydroxylation is 1. The third kappa shape index (κ3) is 5.25. The molecule has 1 unspecified atom stereocenters. The maximum Gasteiger partial charge on any atom is 0.248 e. The highest BCUT2D eigenvalue weighted by atomic mass is 16.2. The van der Waals surface area contributed by atoms with Gasteiger partial charge in [0.15, 0.2) is 0 Å². The van der Waals surface area contributed by atoms with Gasteiger partial charge in [-0.05, 0) is 94.9 Å². The average Bonchev–Trinajstić information content (AvgIpc) is 3.46. The SMILES string of the molecule is CCC(C)(NC(C)=O)C(=O)N1CCC(CCN2[C@@H]3CC[C@H]2C[C@@H](n2c(C)nc4ccccc42)C3)(c2ccccc2)CC1. The van der Waals surface area contributed by atoms with E-state index in [2.05, 4.69) is 76.3 Å². The van der Waals surface area contributed by atoms with Gasteiger partial charge in [0.05, 0.1) is 11.0 Å². The van der Waals surface area contributed by atoms with Crippen molar-refractivity contribution in [1.29, 1.82) is 0 Å². The minimum absolute atomic E-state index is 0.0456. The van der Waals surface area contributed by atoms with Crippen LogP contribution >= 0.6 is 0 Å². The van der Waals surface area contributed by atoms with E-state index in [9.17, 15) is 9.59 Å². The molecule has 3 aromatic rings. The van der Waals surface area contributed by atoms with Crippen molar-refractivity contribution in [3.8, 4) is 0 Å². The lowest BCUT2D eigenvalue weighted by Crippen LogP contribution is -2.59. The van der Waals surface area contributed by atoms with E-state index in [4.69, 9.17) is 4.98 Å². The second-order valence-electron chi connectivity index (χ2n) is 13.3. The summed E-state index contributed by atoms with van der Waals surface area (Å²) in [6, 6.07) is 21.3. The van der Waals surface area contributed by atoms with Crippen LogP contribution in [0.4, 0.5) is 0 Å². The number of rotatable bonds is 8. The summed E-state index contributed by atoms with van der Waals surface area (Å²) in [4.78, 5) is 35.1. The first-order valence-corrected chi connectivity index (χ1v) is 16.1. The zero-order valence-electron chi connectivity index (χ0n) is 25.8. The number of para-hydroxylation sites is 2. The Morgan fingerprint density at radius 2 is 1.62 bits per heavy atom. The van der Waals surface area contributed by atoms with E-state index in [1.54, 1.807) is 0 Å². The number of amides is 2. The fourth-order valence-corrected chi connectivity index (χ4v) is 8.43. The largest absolute Gasteiger partial charge is 0.342 e. The summed E-state index contributed by atoms with van der Waals surface area (Å²) in [5.41, 5.74) is 2.99. The molecule has 42 heavy (non-hydrogen) atoms. The lowest BCUT2D eigenvalue weighted by molar-refractivity contribution is -0.142. The van der Waals surface area contributed by atoms with Gasteiger partial charge in [-0.3, -0.25) is 14.5 Å². The molecule has 2 amide bonds. The molecule has 0 spiro atoms. The van der Waals surface area contributed by atoms with E-state index >= 15 is 0 Å². The van der Waals surface area contributed by atoms with Crippen molar-refractivity contribution in [2.45, 2.75) is 108 Å². The number of nitrogens with zero attached hydrogens (tertiary/aromatic N) is 4. The predicted molar refractivity (Wildman–Crippen MR) is 167 cm³/mol. The molecule has 7 heteroatoms. The van der Waals surface area contributed by atoms with Crippen LogP contribution in [0.3, 0.4) is 0 Å². The lowest BCUT2D eigenvalue weighted by Gasteiger charge is -2.47. The lowest BCUT2D eigenvalue weighted by atomic mass is 9.70. The summed E-state index contributed by atoms with van der Waals surface area (Å²) in [5.74, 6) is 1.03. The molecule has 3 fully saturated rings. The van der Waals surface area contributed by atoms with Crippen molar-refractivity contribution in [1.82, 2.24) is 24.7 Å². The van der Waals surface area contributed by atoms with E-state index in [1.165, 1.54) is 43.7 Å². The van der Waals surface area contributed by atoms with Gasteiger partial charge in [-0.15, -0.1) is 0 Å². The molecule has 0 aliphatic carbocycles. The molecule has 4 atom stereocenters. The normalized spacial score (nSPS) is 25.3. The van der Waals surface area contributed by atoms with Gasteiger partial charge in [0.2, 0.25) is 11.8 Å². The molecule has 2 aromatic carbocycles. The van der Waals surface area contributed by atoms with Crippen LogP contribution in [0.15, 0.2) is 54.6 Å². The van der Waals surface area contributed by atoms with Crippen LogP contribution < -0.4 is 5.32 Å². The molecule has 2 bridgehead atoms. The zero-order chi connectivity index (χ0) is 29.5. The summed E-state index contributed by atoms with van der Waals surface area (Å²) in [7, 11) is 0. The second kappa shape index (κ2) is 11.5. The molecule has 1 aromatic heterocycles. The monoisotopic (exact) mass is 569 g/mol. The minimum Gasteiger partial charge on any atom is -0.342 e. The Labute approximate surface area is 250 Å². The molecule has 0 radical (unpaired) electrons. The molecule has 1 N–H and O–H groups in total. The highest BCUT2D eigenvalue weighted by molar-refractivity contribution is 5.90. The number of carbonyl (C=O) groups is 2. The van der Waals surface area contributed by atoms with Crippen LogP contribution in [0.1, 0.15) is 89.6 Å². The maximum atomic E-state index is 13.6. The predicted octanol–water partition coefficient (Wildman–Crippen LogP) is 5.77. The van der Waals surface area contributed by atoms with Gasteiger partial charge in [0.1, 0.15) is 11.4 Å². The third-order valence-electron chi connectivity index (χ3n) is 10.9. The summed E-state index contributed by atoms with van der Waals surface area (Å²) >= 11 is 0. The Bertz CT molecular complexity index is 1410. The number of carbonyl (C=O) groups excluding carboxylic acids is 2. The first kappa shape index (κ1) is 28.9. The van der Waals surface area contributed by atoms with Gasteiger partial charge in [0, 0.05) is 38.1 Å². The Kier molecular flexibility index (Phi) is 7.90. The number of imidazole rings is 1. The van der Waals surface area contributed by atoms with Crippen molar-refractivity contribution in [2.75, 3.05) is 19.6 Å². The molecule has 3 saturated heterocycles. The van der Waals surface area contributed by atoms with E-state index < -0.39 is 5.54 Å². The zero-order valence-corrected chi connectivity index (χ0v) is 25.8. The fourth-order valence-electron chi connectivity index (χ4n) is 8.43. The Morgan fingerprint density at radius 1 is 0.976 bits per heavy atom. The molecule has 6 rings (SSSR count). The number of likely N-dealkylation sites (tertiary alicyclic amines) is 1. The number of piperidine rings is 2. The number of hydrogen-bond acceptors (Lipinski definition) is 4. The van der Waals surface area contributed by atoms with Gasteiger partial charge in [0.25, 0.3) is 0 Å². The average molecular weight is 570 g/mol. The van der Waals surface area contributed by atoms with E-state index in [0.29, 0.717) is 24.5 Å². The number of aromatic nitrogens is 2. The van der Waals surface area contributed by atoms with Crippen molar-refractivity contribution in [2.24, 2.45) is 0 Å². The number of fused-ring (bicyclic) bond motifs is 3. The first-order valence-electron chi connectivity index (χ1n) is 16.1. The quantitative estimate of drug-likeness (QED) is 0.374. The van der Waals surface area contributed by atoms with Gasteiger partial charge in [-0.25, -0.2) is 4.98 Å². The summed E-state index contributed by atoms with van der Waals surface area (Å²) in [5, 5.41) is 2.92. The maximum absolute atomic E-state index is 13.6. The topological polar surface area (TPSA) is 70.5 Å². The molecular formula is C35H47N5O2. The Morgan fingerprint density at radius 3 is 2.26 bits per heavy atom. The van der Waals surface area contributed by atoms with Crippen molar-refractivity contribution < 1.29 is 9.59 Å². The van der Waals surface area contributed by atoms with Crippen molar-refractivity contribution in [3.63, 3.8) is 0 Å². The highest BCUT2D eigenvalue weighted by Crippen LogP contribution is 2.45. The van der Waals surface area contributed by atoms with Crippen LogP contribution in [-0.4, -0.2) is 68.4 Å². The Hall–Kier alpha value is -3.19. The van der Waals surface area contributed by atoms with Crippen LogP contribution in [0.2, 0.25) is 0 Å². The van der Waals surface area contributed by atoms with Gasteiger partial charge >= 0.3 is 0 Å². The molecule has 224 valence electrons. The number of hydrogen-bond donors (Lipinski definition) is 1. The van der Waals surface area contributed by atoms with E-state index in [-0.39, 0.29) is 17.2 Å². The fraction of sp³-hybridized carbons (Fsp3) is 0.571. The van der Waals surface area contributed by atoms with E-state index in [1.807, 2.05) is 18.7 Å². The van der Waals surface area contributed by atoms with E-state index in [0.717, 1.165) is 50.2 Å². The van der Waals surface area contributed by atoms with Crippen LogP contribution in [0.5, 0.6) is 0 Å². The number of nitrogens with one attached hydrogen (secondary N) is 1. The van der Waals surface area contributed by atoms with Gasteiger partial charge < -0.3 is 14.8 Å². The first-order chi connectivity index (χ1) is 20.2. The molecule has 7 nitrogen and oxygen atoms in total. The molecule has 4 heterocycles. The number of benzene rings is 2. The van der Waals surface area contributed by atoms with Crippen LogP contribution in [0.25, 0.3) is 11.0 Å². The molecule has 3 aliphatic rings. The third-order valence-corrected chi connectivity index (χ3v) is 10.9. The Balaban J connectivity index is 1.16. The second-order valence-corrected chi connectivity index (χ2v) is 13.3. The van der Waals surface area contributed by atoms with Crippen molar-refractivity contribution >= 4 is 22.8 Å².